The molecule has 0 spiro atoms. The van der Waals surface area contributed by atoms with Crippen molar-refractivity contribution in [2.45, 2.75) is 264 Å². The lowest BCUT2D eigenvalue weighted by Gasteiger charge is -2.29. The van der Waals surface area contributed by atoms with E-state index in [1.54, 1.807) is 6.08 Å². The third-order valence-electron chi connectivity index (χ3n) is 12.1. The van der Waals surface area contributed by atoms with E-state index in [0.29, 0.717) is 17.4 Å². The fourth-order valence-corrected chi connectivity index (χ4v) is 8.57. The molecule has 8 nitrogen and oxygen atoms in total. The second-order valence-corrected chi connectivity index (χ2v) is 21.0. The van der Waals surface area contributed by atoms with Gasteiger partial charge in [0.25, 0.3) is 7.82 Å². The lowest BCUT2D eigenvalue weighted by molar-refractivity contribution is -0.870. The van der Waals surface area contributed by atoms with E-state index in [2.05, 4.69) is 43.5 Å². The van der Waals surface area contributed by atoms with E-state index in [9.17, 15) is 19.4 Å². The summed E-state index contributed by atoms with van der Waals surface area (Å²) < 4.78 is 23.3. The van der Waals surface area contributed by atoms with Gasteiger partial charge >= 0.3 is 0 Å². The molecule has 0 aliphatic carbocycles. The summed E-state index contributed by atoms with van der Waals surface area (Å²) in [5.41, 5.74) is 0. The molecule has 0 saturated heterocycles. The van der Waals surface area contributed by atoms with Gasteiger partial charge in [-0.1, -0.05) is 237 Å². The van der Waals surface area contributed by atoms with Gasteiger partial charge in [0.1, 0.15) is 13.2 Å². The van der Waals surface area contributed by atoms with Gasteiger partial charge in [0.05, 0.1) is 39.9 Å². The van der Waals surface area contributed by atoms with Crippen LogP contribution in [-0.2, 0) is 18.4 Å². The normalized spacial score (nSPS) is 14.3. The molecule has 0 heterocycles. The average Bonchev–Trinajstić information content (AvgIpc) is 3.24. The Morgan fingerprint density at radius 3 is 1.32 bits per heavy atom. The third-order valence-corrected chi connectivity index (χ3v) is 13.1. The molecule has 1 amide bonds. The van der Waals surface area contributed by atoms with Gasteiger partial charge < -0.3 is 28.8 Å². The fraction of sp³-hybridized carbons (Fsp3) is 0.870. The second-order valence-electron chi connectivity index (χ2n) is 19.6. The molecule has 0 saturated carbocycles. The molecule has 63 heavy (non-hydrogen) atoms. The molecule has 0 aromatic carbocycles. The minimum Gasteiger partial charge on any atom is -0.756 e. The molecule has 3 atom stereocenters. The zero-order chi connectivity index (χ0) is 46.4. The number of allylic oxidation sites excluding steroid dienone is 5. The van der Waals surface area contributed by atoms with E-state index in [0.717, 1.165) is 38.5 Å². The van der Waals surface area contributed by atoms with Gasteiger partial charge in [-0.25, -0.2) is 0 Å². The van der Waals surface area contributed by atoms with E-state index in [1.807, 2.05) is 27.2 Å². The summed E-state index contributed by atoms with van der Waals surface area (Å²) in [5, 5.41) is 13.9. The highest BCUT2D eigenvalue weighted by molar-refractivity contribution is 7.45. The Bertz CT molecular complexity index is 1120. The first-order valence-electron chi connectivity index (χ1n) is 26.9. The molecule has 0 fully saturated rings. The molecule has 3 unspecified atom stereocenters. The monoisotopic (exact) mass is 909 g/mol. The summed E-state index contributed by atoms with van der Waals surface area (Å²) in [5.74, 6) is -0.199. The topological polar surface area (TPSA) is 108 Å². The van der Waals surface area contributed by atoms with Crippen molar-refractivity contribution in [1.82, 2.24) is 5.32 Å². The van der Waals surface area contributed by atoms with Crippen molar-refractivity contribution < 1.29 is 32.9 Å². The number of unbranched alkanes of at least 4 members (excludes halogenated alkanes) is 33. The second kappa shape index (κ2) is 45.9. The number of nitrogens with zero attached hydrogens (tertiary/aromatic N) is 1. The minimum absolute atomic E-state index is 0.00136. The van der Waals surface area contributed by atoms with Gasteiger partial charge in [-0.2, -0.15) is 0 Å². The van der Waals surface area contributed by atoms with Gasteiger partial charge in [-0.05, 0) is 44.9 Å². The number of amides is 1. The molecule has 0 rings (SSSR count). The van der Waals surface area contributed by atoms with Crippen LogP contribution in [0.3, 0.4) is 0 Å². The molecule has 0 aliphatic heterocycles. The van der Waals surface area contributed by atoms with E-state index >= 15 is 0 Å². The largest absolute Gasteiger partial charge is 0.756 e. The van der Waals surface area contributed by atoms with Crippen molar-refractivity contribution >= 4 is 13.7 Å². The standard InChI is InChI=1S/C54H105N2O6P/c1-6-8-10-12-14-16-18-20-22-24-26-27-28-30-31-33-35-37-39-41-43-45-47-53(57)52(51-62-63(59,60)61-50-49-56(3,4)5)55-54(58)48-46-44-42-40-38-36-34-32-29-25-23-21-19-17-15-13-11-9-7-2/h15,17,19,21,45,47,52-53,57H,6-14,16,18,20,22-44,46,48-51H2,1-5H3,(H-,55,58,59,60)/b17-15-,21-19-,47-45+. The number of aliphatic hydroxyl groups excluding tert-OH is 1. The number of phosphoric acid groups is 1. The van der Waals surface area contributed by atoms with Crippen LogP contribution < -0.4 is 10.2 Å². The highest BCUT2D eigenvalue weighted by Gasteiger charge is 2.23. The van der Waals surface area contributed by atoms with Crippen molar-refractivity contribution in [3.63, 3.8) is 0 Å². The maximum Gasteiger partial charge on any atom is 0.268 e. The summed E-state index contributed by atoms with van der Waals surface area (Å²) in [4.78, 5) is 25.4. The Morgan fingerprint density at radius 2 is 0.905 bits per heavy atom. The Kier molecular flexibility index (Phi) is 44.9. The van der Waals surface area contributed by atoms with Gasteiger partial charge in [-0.15, -0.1) is 0 Å². The number of hydrogen-bond acceptors (Lipinski definition) is 6. The van der Waals surface area contributed by atoms with E-state index < -0.39 is 20.0 Å². The van der Waals surface area contributed by atoms with Crippen LogP contribution in [0.5, 0.6) is 0 Å². The number of aliphatic hydroxyl groups is 1. The summed E-state index contributed by atoms with van der Waals surface area (Å²) in [6, 6.07) is -0.888. The predicted octanol–water partition coefficient (Wildman–Crippen LogP) is 15.2. The number of carbonyl (C=O) groups is 1. The van der Waals surface area contributed by atoms with Gasteiger partial charge in [0.2, 0.25) is 5.91 Å². The smallest absolute Gasteiger partial charge is 0.268 e. The highest BCUT2D eigenvalue weighted by atomic mass is 31.2. The molecule has 0 aromatic rings. The van der Waals surface area contributed by atoms with Crippen LogP contribution in [0.2, 0.25) is 0 Å². The predicted molar refractivity (Wildman–Crippen MR) is 270 cm³/mol. The van der Waals surface area contributed by atoms with Crippen LogP contribution in [0.25, 0.3) is 0 Å². The highest BCUT2D eigenvalue weighted by Crippen LogP contribution is 2.38. The number of phosphoric ester groups is 1. The molecule has 372 valence electrons. The molecular weight excluding hydrogens is 804 g/mol. The number of carbonyl (C=O) groups excluding carboxylic acids is 1. The Balaban J connectivity index is 4.27. The van der Waals surface area contributed by atoms with Crippen molar-refractivity contribution in [2.75, 3.05) is 40.9 Å². The van der Waals surface area contributed by atoms with Crippen LogP contribution in [0.4, 0.5) is 0 Å². The first kappa shape index (κ1) is 61.7. The van der Waals surface area contributed by atoms with Gasteiger partial charge in [0.15, 0.2) is 0 Å². The Morgan fingerprint density at radius 1 is 0.556 bits per heavy atom. The lowest BCUT2D eigenvalue weighted by atomic mass is 10.0. The molecule has 0 aliphatic rings. The zero-order valence-electron chi connectivity index (χ0n) is 42.3. The van der Waals surface area contributed by atoms with E-state index in [4.69, 9.17) is 9.05 Å². The minimum atomic E-state index is -4.59. The number of rotatable bonds is 49. The lowest BCUT2D eigenvalue weighted by Crippen LogP contribution is -2.45. The Hall–Kier alpha value is -1.28. The first-order valence-corrected chi connectivity index (χ1v) is 28.3. The number of nitrogens with one attached hydrogen (secondary N) is 1. The van der Waals surface area contributed by atoms with Gasteiger partial charge in [0, 0.05) is 6.42 Å². The fourth-order valence-electron chi connectivity index (χ4n) is 7.85. The quantitative estimate of drug-likeness (QED) is 0.0207. The molecule has 9 heteroatoms. The van der Waals surface area contributed by atoms with Crippen LogP contribution in [0.15, 0.2) is 36.5 Å². The summed E-state index contributed by atoms with van der Waals surface area (Å²) >= 11 is 0. The van der Waals surface area contributed by atoms with Crippen LogP contribution >= 0.6 is 7.82 Å². The average molecular weight is 909 g/mol. The summed E-state index contributed by atoms with van der Waals surface area (Å²) in [7, 11) is 1.26. The SMILES string of the molecule is CCCCC/C=C\C=C/CCCCCCCCCCCCC(=O)NC(COP(=O)([O-])OCC[N+](C)(C)C)C(O)/C=C/CCCCCCCCCCCCCCCCCCCCCC. The molecule has 0 radical (unpaired) electrons. The summed E-state index contributed by atoms with van der Waals surface area (Å²) in [6.07, 6.45) is 57.7. The van der Waals surface area contributed by atoms with Crippen LogP contribution in [0.1, 0.15) is 251 Å². The molecular formula is C54H105N2O6P. The third kappa shape index (κ3) is 48.5. The molecule has 0 aromatic heterocycles. The van der Waals surface area contributed by atoms with Gasteiger partial charge in [-0.3, -0.25) is 9.36 Å². The van der Waals surface area contributed by atoms with Crippen molar-refractivity contribution in [3.05, 3.63) is 36.5 Å². The van der Waals surface area contributed by atoms with Crippen molar-refractivity contribution in [2.24, 2.45) is 0 Å². The van der Waals surface area contributed by atoms with E-state index in [-0.39, 0.29) is 19.1 Å². The number of quaternary nitrogens is 1. The van der Waals surface area contributed by atoms with Crippen LogP contribution in [-0.4, -0.2) is 68.5 Å². The van der Waals surface area contributed by atoms with Crippen molar-refractivity contribution in [3.8, 4) is 0 Å². The zero-order valence-corrected chi connectivity index (χ0v) is 43.2. The molecule has 2 N–H and O–H groups in total. The number of likely N-dealkylation sites (N-methyl/N-ethyl adjacent to an activating group) is 1. The maximum atomic E-state index is 12.9. The van der Waals surface area contributed by atoms with Crippen LogP contribution in [0, 0.1) is 0 Å². The van der Waals surface area contributed by atoms with E-state index in [1.165, 1.54) is 193 Å². The number of hydrogen-bond donors (Lipinski definition) is 2. The Labute approximate surface area is 391 Å². The summed E-state index contributed by atoms with van der Waals surface area (Å²) in [6.45, 7) is 4.64. The molecule has 0 bridgehead atoms. The maximum absolute atomic E-state index is 12.9. The first-order chi connectivity index (χ1) is 30.5. The van der Waals surface area contributed by atoms with Crippen molar-refractivity contribution in [1.29, 1.82) is 0 Å².